The van der Waals surface area contributed by atoms with E-state index in [1.165, 1.54) is 11.3 Å². The number of thiazole rings is 1. The van der Waals surface area contributed by atoms with E-state index >= 15 is 0 Å². The summed E-state index contributed by atoms with van der Waals surface area (Å²) < 4.78 is 7.26. The highest BCUT2D eigenvalue weighted by atomic mass is 32.1. The van der Waals surface area contributed by atoms with Gasteiger partial charge >= 0.3 is 6.03 Å². The van der Waals surface area contributed by atoms with Crippen LogP contribution in [0.4, 0.5) is 4.79 Å². The molecule has 5 nitrogen and oxygen atoms in total. The Morgan fingerprint density at radius 1 is 1.29 bits per heavy atom. The lowest BCUT2D eigenvalue weighted by molar-refractivity contribution is 0.218. The van der Waals surface area contributed by atoms with Gasteiger partial charge < -0.3 is 9.64 Å². The third kappa shape index (κ3) is 2.85. The smallest absolute Gasteiger partial charge is 0.346 e. The molecule has 0 bridgehead atoms. The van der Waals surface area contributed by atoms with Crippen LogP contribution in [-0.2, 0) is 0 Å². The Bertz CT molecular complexity index is 699. The largest absolute Gasteiger partial charge is 0.495 e. The predicted molar refractivity (Wildman–Crippen MR) is 82.0 cm³/mol. The lowest BCUT2D eigenvalue weighted by Crippen LogP contribution is -2.27. The zero-order chi connectivity index (χ0) is 14.7. The maximum Gasteiger partial charge on any atom is 0.346 e. The predicted octanol–water partition coefficient (Wildman–Crippen LogP) is 2.66. The number of urea groups is 1. The van der Waals surface area contributed by atoms with Gasteiger partial charge in [0.15, 0.2) is 4.80 Å². The first-order chi connectivity index (χ1) is 10.3. The minimum Gasteiger partial charge on any atom is -0.495 e. The van der Waals surface area contributed by atoms with Gasteiger partial charge in [0.25, 0.3) is 0 Å². The van der Waals surface area contributed by atoms with Crippen LogP contribution in [0.15, 0.2) is 40.8 Å². The van der Waals surface area contributed by atoms with Crippen LogP contribution in [0, 0.1) is 0 Å². The highest BCUT2D eigenvalue weighted by molar-refractivity contribution is 7.07. The molecule has 1 fully saturated rings. The van der Waals surface area contributed by atoms with Gasteiger partial charge in [-0.05, 0) is 25.0 Å². The van der Waals surface area contributed by atoms with Gasteiger partial charge in [0, 0.05) is 24.7 Å². The van der Waals surface area contributed by atoms with Crippen LogP contribution >= 0.6 is 11.3 Å². The van der Waals surface area contributed by atoms with Crippen LogP contribution < -0.4 is 9.54 Å². The molecule has 0 unspecified atom stereocenters. The Morgan fingerprint density at radius 2 is 2.05 bits per heavy atom. The lowest BCUT2D eigenvalue weighted by atomic mass is 10.3. The molecule has 1 aliphatic rings. The van der Waals surface area contributed by atoms with Crippen molar-refractivity contribution < 1.29 is 9.53 Å². The molecule has 0 aliphatic carbocycles. The topological polar surface area (TPSA) is 46.8 Å². The second-order valence-corrected chi connectivity index (χ2v) is 5.69. The van der Waals surface area contributed by atoms with Crippen molar-refractivity contribution in [3.8, 4) is 11.4 Å². The van der Waals surface area contributed by atoms with Crippen molar-refractivity contribution in [2.24, 2.45) is 4.99 Å². The van der Waals surface area contributed by atoms with E-state index in [4.69, 9.17) is 4.74 Å². The number of nitrogens with zero attached hydrogens (tertiary/aromatic N) is 3. The van der Waals surface area contributed by atoms with Crippen molar-refractivity contribution in [2.45, 2.75) is 12.8 Å². The minimum atomic E-state index is -0.154. The molecule has 1 saturated heterocycles. The number of rotatable bonds is 2. The maximum atomic E-state index is 12.2. The molecular weight excluding hydrogens is 286 g/mol. The number of aromatic nitrogens is 1. The van der Waals surface area contributed by atoms with E-state index in [0.717, 1.165) is 37.4 Å². The van der Waals surface area contributed by atoms with Crippen molar-refractivity contribution in [1.82, 2.24) is 9.47 Å². The van der Waals surface area contributed by atoms with Crippen molar-refractivity contribution in [3.63, 3.8) is 0 Å². The summed E-state index contributed by atoms with van der Waals surface area (Å²) in [5.41, 5.74) is 0.884. The number of carbonyl (C=O) groups is 1. The molecule has 1 aromatic heterocycles. The second kappa shape index (κ2) is 6.13. The Hall–Kier alpha value is -2.08. The number of benzene rings is 1. The molecule has 0 spiro atoms. The number of likely N-dealkylation sites (tertiary alicyclic amines) is 1. The van der Waals surface area contributed by atoms with Crippen molar-refractivity contribution in [3.05, 3.63) is 40.6 Å². The summed E-state index contributed by atoms with van der Waals surface area (Å²) in [6.45, 7) is 1.62. The van der Waals surface area contributed by atoms with Crippen LogP contribution in [0.3, 0.4) is 0 Å². The summed E-state index contributed by atoms with van der Waals surface area (Å²) >= 11 is 1.44. The third-order valence-electron chi connectivity index (χ3n) is 3.50. The van der Waals surface area contributed by atoms with E-state index in [1.807, 2.05) is 40.4 Å². The standard InChI is InChI=1S/C15H17N3O2S/c1-20-13-7-3-2-6-12(13)18-10-11-21-15(18)16-14(19)17-8-4-5-9-17/h2-3,6-7,10-11H,4-5,8-9H2,1H3. The van der Waals surface area contributed by atoms with Crippen molar-refractivity contribution in [1.29, 1.82) is 0 Å². The Kier molecular flexibility index (Phi) is 4.06. The average molecular weight is 303 g/mol. The Morgan fingerprint density at radius 3 is 2.81 bits per heavy atom. The molecule has 2 heterocycles. The fourth-order valence-corrected chi connectivity index (χ4v) is 3.13. The van der Waals surface area contributed by atoms with Gasteiger partial charge in [-0.3, -0.25) is 4.57 Å². The van der Waals surface area contributed by atoms with E-state index in [9.17, 15) is 4.79 Å². The minimum absolute atomic E-state index is 0.154. The van der Waals surface area contributed by atoms with Crippen LogP contribution in [-0.4, -0.2) is 35.7 Å². The summed E-state index contributed by atoms with van der Waals surface area (Å²) in [6.07, 6.45) is 4.04. The number of carbonyl (C=O) groups excluding carboxylic acids is 1. The van der Waals surface area contributed by atoms with Gasteiger partial charge in [-0.2, -0.15) is 4.99 Å². The van der Waals surface area contributed by atoms with Gasteiger partial charge in [0.2, 0.25) is 0 Å². The molecule has 2 aromatic rings. The summed E-state index contributed by atoms with van der Waals surface area (Å²) in [5, 5.41) is 1.92. The number of hydrogen-bond acceptors (Lipinski definition) is 3. The number of hydrogen-bond donors (Lipinski definition) is 0. The average Bonchev–Trinajstić information content (AvgIpc) is 3.18. The Labute approximate surface area is 127 Å². The molecule has 110 valence electrons. The third-order valence-corrected chi connectivity index (χ3v) is 4.26. The molecule has 2 amide bonds. The highest BCUT2D eigenvalue weighted by Gasteiger charge is 2.17. The second-order valence-electron chi connectivity index (χ2n) is 4.82. The number of methoxy groups -OCH3 is 1. The van der Waals surface area contributed by atoms with Crippen molar-refractivity contribution >= 4 is 17.4 Å². The summed E-state index contributed by atoms with van der Waals surface area (Å²) in [4.78, 5) is 18.9. The first-order valence-corrected chi connectivity index (χ1v) is 7.81. The zero-order valence-corrected chi connectivity index (χ0v) is 12.7. The van der Waals surface area contributed by atoms with E-state index in [0.29, 0.717) is 4.80 Å². The first kappa shape index (κ1) is 13.9. The lowest BCUT2D eigenvalue weighted by Gasteiger charge is -2.11. The molecule has 21 heavy (non-hydrogen) atoms. The zero-order valence-electron chi connectivity index (χ0n) is 11.9. The van der Waals surface area contributed by atoms with Gasteiger partial charge in [-0.15, -0.1) is 11.3 Å². The number of amides is 2. The van der Waals surface area contributed by atoms with Crippen molar-refractivity contribution in [2.75, 3.05) is 20.2 Å². The summed E-state index contributed by atoms with van der Waals surface area (Å²) in [5.74, 6) is 0.756. The maximum absolute atomic E-state index is 12.2. The van der Waals surface area contributed by atoms with E-state index in [-0.39, 0.29) is 6.03 Å². The number of para-hydroxylation sites is 2. The van der Waals surface area contributed by atoms with E-state index in [1.54, 1.807) is 12.0 Å². The molecule has 0 radical (unpaired) electrons. The number of ether oxygens (including phenoxy) is 1. The monoisotopic (exact) mass is 303 g/mol. The molecule has 0 saturated carbocycles. The molecule has 6 heteroatoms. The summed E-state index contributed by atoms with van der Waals surface area (Å²) in [7, 11) is 1.64. The van der Waals surface area contributed by atoms with Crippen LogP contribution in [0.2, 0.25) is 0 Å². The van der Waals surface area contributed by atoms with E-state index in [2.05, 4.69) is 4.99 Å². The van der Waals surface area contributed by atoms with Gasteiger partial charge in [-0.1, -0.05) is 12.1 Å². The molecule has 1 aliphatic heterocycles. The molecule has 1 aromatic carbocycles. The van der Waals surface area contributed by atoms with Gasteiger partial charge in [0.1, 0.15) is 5.75 Å². The fourth-order valence-electron chi connectivity index (χ4n) is 2.43. The molecule has 0 N–H and O–H groups in total. The normalized spacial score (nSPS) is 15.5. The van der Waals surface area contributed by atoms with Crippen LogP contribution in [0.25, 0.3) is 5.69 Å². The molecule has 0 atom stereocenters. The SMILES string of the molecule is COc1ccccc1-n1ccsc1=NC(=O)N1CCCC1. The van der Waals surface area contributed by atoms with Gasteiger partial charge in [-0.25, -0.2) is 4.79 Å². The fraction of sp³-hybridized carbons (Fsp3) is 0.333. The van der Waals surface area contributed by atoms with E-state index < -0.39 is 0 Å². The van der Waals surface area contributed by atoms with Crippen LogP contribution in [0.5, 0.6) is 5.75 Å². The molecular formula is C15H17N3O2S. The van der Waals surface area contributed by atoms with Crippen LogP contribution in [0.1, 0.15) is 12.8 Å². The molecule has 3 rings (SSSR count). The Balaban J connectivity index is 1.99. The summed E-state index contributed by atoms with van der Waals surface area (Å²) in [6, 6.07) is 7.55. The van der Waals surface area contributed by atoms with Gasteiger partial charge in [0.05, 0.1) is 12.8 Å². The first-order valence-electron chi connectivity index (χ1n) is 6.93. The highest BCUT2D eigenvalue weighted by Crippen LogP contribution is 2.21. The quantitative estimate of drug-likeness (QED) is 0.856.